The van der Waals surface area contributed by atoms with Gasteiger partial charge in [0.05, 0.1) is 0 Å². The number of hydrogen-bond donors (Lipinski definition) is 0. The maximum Gasteiger partial charge on any atom is 0.0113 e. The lowest BCUT2D eigenvalue weighted by Gasteiger charge is -2.38. The van der Waals surface area contributed by atoms with Gasteiger partial charge in [0.15, 0.2) is 0 Å². The smallest absolute Gasteiger partial charge is 0.0113 e. The maximum atomic E-state index is 2.76. The third-order valence-electron chi connectivity index (χ3n) is 4.13. The Kier molecular flexibility index (Phi) is 4.45. The van der Waals surface area contributed by atoms with E-state index in [2.05, 4.69) is 16.8 Å². The van der Waals surface area contributed by atoms with Crippen molar-refractivity contribution in [1.29, 1.82) is 0 Å². The van der Waals surface area contributed by atoms with E-state index in [1.54, 1.807) is 0 Å². The van der Waals surface area contributed by atoms with Crippen LogP contribution >= 0.6 is 0 Å². The van der Waals surface area contributed by atoms with Gasteiger partial charge in [-0.15, -0.1) is 0 Å². The van der Waals surface area contributed by atoms with Crippen LogP contribution in [0.2, 0.25) is 0 Å². The van der Waals surface area contributed by atoms with Crippen LogP contribution in [-0.4, -0.2) is 49.1 Å². The van der Waals surface area contributed by atoms with Crippen molar-refractivity contribution in [3.05, 3.63) is 0 Å². The predicted octanol–water partition coefficient (Wildman–Crippen LogP) is 2.35. The minimum atomic E-state index is 0.916. The largest absolute Gasteiger partial charge is 0.304 e. The summed E-state index contributed by atoms with van der Waals surface area (Å²) < 4.78 is 0. The molecule has 2 nitrogen and oxygen atoms in total. The van der Waals surface area contributed by atoms with E-state index >= 15 is 0 Å². The summed E-state index contributed by atoms with van der Waals surface area (Å²) in [5.74, 6) is 0. The molecule has 2 rings (SSSR count). The Morgan fingerprint density at radius 2 is 1.27 bits per heavy atom. The highest BCUT2D eigenvalue weighted by Crippen LogP contribution is 2.22. The molecule has 0 aromatic heterocycles. The maximum absolute atomic E-state index is 2.76. The lowest BCUT2D eigenvalue weighted by atomic mass is 9.95. The van der Waals surface area contributed by atoms with Crippen molar-refractivity contribution in [2.75, 3.05) is 33.2 Å². The third kappa shape index (κ3) is 3.46. The van der Waals surface area contributed by atoms with E-state index < -0.39 is 0 Å². The van der Waals surface area contributed by atoms with Gasteiger partial charge in [0.25, 0.3) is 0 Å². The first-order valence-electron chi connectivity index (χ1n) is 6.79. The Hall–Kier alpha value is -0.0800. The summed E-state index contributed by atoms with van der Waals surface area (Å²) in [4.78, 5) is 5.21. The molecule has 15 heavy (non-hydrogen) atoms. The zero-order chi connectivity index (χ0) is 10.5. The van der Waals surface area contributed by atoms with Crippen molar-refractivity contribution in [3.63, 3.8) is 0 Å². The predicted molar refractivity (Wildman–Crippen MR) is 65.2 cm³/mol. The molecule has 0 radical (unpaired) electrons. The van der Waals surface area contributed by atoms with Crippen molar-refractivity contribution < 1.29 is 0 Å². The van der Waals surface area contributed by atoms with Gasteiger partial charge in [-0.2, -0.15) is 0 Å². The molecular weight excluding hydrogens is 184 g/mol. The van der Waals surface area contributed by atoms with Crippen LogP contribution in [0.4, 0.5) is 0 Å². The fourth-order valence-corrected chi connectivity index (χ4v) is 2.99. The van der Waals surface area contributed by atoms with Crippen molar-refractivity contribution >= 4 is 0 Å². The van der Waals surface area contributed by atoms with Gasteiger partial charge in [-0.25, -0.2) is 0 Å². The quantitative estimate of drug-likeness (QED) is 0.655. The van der Waals surface area contributed by atoms with Crippen LogP contribution in [0.3, 0.4) is 0 Å². The zero-order valence-electron chi connectivity index (χ0n) is 10.2. The molecule has 0 aromatic carbocycles. The van der Waals surface area contributed by atoms with Crippen LogP contribution in [0.25, 0.3) is 0 Å². The molecule has 1 aliphatic heterocycles. The third-order valence-corrected chi connectivity index (χ3v) is 4.13. The first-order chi connectivity index (χ1) is 7.36. The van der Waals surface area contributed by atoms with Gasteiger partial charge in [-0.05, 0) is 19.9 Å². The first-order valence-corrected chi connectivity index (χ1v) is 6.79. The second-order valence-corrected chi connectivity index (χ2v) is 5.34. The summed E-state index contributed by atoms with van der Waals surface area (Å²) in [5, 5.41) is 0. The molecule has 88 valence electrons. The summed E-state index contributed by atoms with van der Waals surface area (Å²) in [5.41, 5.74) is 0. The van der Waals surface area contributed by atoms with Gasteiger partial charge in [0, 0.05) is 32.2 Å². The van der Waals surface area contributed by atoms with Crippen molar-refractivity contribution in [2.24, 2.45) is 0 Å². The van der Waals surface area contributed by atoms with E-state index in [1.807, 2.05) is 0 Å². The van der Waals surface area contributed by atoms with E-state index in [9.17, 15) is 0 Å². The van der Waals surface area contributed by atoms with E-state index in [0.29, 0.717) is 0 Å². The van der Waals surface area contributed by atoms with Crippen LogP contribution in [0.5, 0.6) is 0 Å². The molecule has 0 aromatic rings. The van der Waals surface area contributed by atoms with Crippen LogP contribution in [0, 0.1) is 0 Å². The lowest BCUT2D eigenvalue weighted by molar-refractivity contribution is 0.0967. The molecular formula is C13H26N2. The Bertz CT molecular complexity index is 165. The molecule has 2 fully saturated rings. The standard InChI is InChI=1S/C13H26N2/c1-14-9-11-15(12-10-14)13-7-5-3-2-4-6-8-13/h13H,2-12H2,1H3. The molecule has 2 aliphatic rings. The average Bonchev–Trinajstić information content (AvgIpc) is 2.19. The minimum absolute atomic E-state index is 0.916. The highest BCUT2D eigenvalue weighted by Gasteiger charge is 2.22. The molecule has 0 atom stereocenters. The van der Waals surface area contributed by atoms with Gasteiger partial charge in [-0.3, -0.25) is 4.90 Å². The number of nitrogens with zero attached hydrogens (tertiary/aromatic N) is 2. The van der Waals surface area contributed by atoms with E-state index in [1.165, 1.54) is 71.1 Å². The SMILES string of the molecule is CN1CCN(C2CCCCCCC2)CC1. The minimum Gasteiger partial charge on any atom is -0.304 e. The molecule has 1 heterocycles. The van der Waals surface area contributed by atoms with E-state index in [-0.39, 0.29) is 0 Å². The summed E-state index contributed by atoms with van der Waals surface area (Å²) in [6.45, 7) is 5.16. The Labute approximate surface area is 94.6 Å². The van der Waals surface area contributed by atoms with Gasteiger partial charge in [-0.1, -0.05) is 32.1 Å². The zero-order valence-corrected chi connectivity index (χ0v) is 10.2. The Morgan fingerprint density at radius 1 is 0.733 bits per heavy atom. The fraction of sp³-hybridized carbons (Fsp3) is 1.00. The molecule has 1 saturated carbocycles. The number of piperazine rings is 1. The van der Waals surface area contributed by atoms with Crippen LogP contribution in [0.1, 0.15) is 44.9 Å². The molecule has 0 unspecified atom stereocenters. The molecule has 0 N–H and O–H groups in total. The van der Waals surface area contributed by atoms with E-state index in [4.69, 9.17) is 0 Å². The van der Waals surface area contributed by atoms with Crippen molar-refractivity contribution in [3.8, 4) is 0 Å². The molecule has 0 spiro atoms. The second-order valence-electron chi connectivity index (χ2n) is 5.34. The Balaban J connectivity index is 1.79. The normalized spacial score (nSPS) is 28.6. The highest BCUT2D eigenvalue weighted by atomic mass is 15.3. The first kappa shape index (κ1) is 11.4. The Morgan fingerprint density at radius 3 is 1.87 bits per heavy atom. The summed E-state index contributed by atoms with van der Waals surface area (Å²) in [6.07, 6.45) is 10.3. The van der Waals surface area contributed by atoms with Crippen LogP contribution in [0.15, 0.2) is 0 Å². The monoisotopic (exact) mass is 210 g/mol. The van der Waals surface area contributed by atoms with Crippen molar-refractivity contribution in [1.82, 2.24) is 9.80 Å². The fourth-order valence-electron chi connectivity index (χ4n) is 2.99. The summed E-state index contributed by atoms with van der Waals surface area (Å²) in [7, 11) is 2.25. The number of likely N-dealkylation sites (N-methyl/N-ethyl adjacent to an activating group) is 1. The topological polar surface area (TPSA) is 6.48 Å². The summed E-state index contributed by atoms with van der Waals surface area (Å²) >= 11 is 0. The number of rotatable bonds is 1. The lowest BCUT2D eigenvalue weighted by Crippen LogP contribution is -2.49. The second kappa shape index (κ2) is 5.86. The van der Waals surface area contributed by atoms with Crippen LogP contribution in [-0.2, 0) is 0 Å². The molecule has 0 bridgehead atoms. The molecule has 2 heteroatoms. The van der Waals surface area contributed by atoms with Gasteiger partial charge in [0.1, 0.15) is 0 Å². The van der Waals surface area contributed by atoms with Gasteiger partial charge in [0.2, 0.25) is 0 Å². The van der Waals surface area contributed by atoms with Crippen LogP contribution < -0.4 is 0 Å². The van der Waals surface area contributed by atoms with E-state index in [0.717, 1.165) is 6.04 Å². The average molecular weight is 210 g/mol. The van der Waals surface area contributed by atoms with Gasteiger partial charge >= 0.3 is 0 Å². The number of hydrogen-bond acceptors (Lipinski definition) is 2. The van der Waals surface area contributed by atoms with Gasteiger partial charge < -0.3 is 4.90 Å². The molecule has 0 amide bonds. The summed E-state index contributed by atoms with van der Waals surface area (Å²) in [6, 6.07) is 0.916. The van der Waals surface area contributed by atoms with Crippen molar-refractivity contribution in [2.45, 2.75) is 51.0 Å². The molecule has 1 saturated heterocycles. The molecule has 1 aliphatic carbocycles. The highest BCUT2D eigenvalue weighted by molar-refractivity contribution is 4.78.